The first-order valence-electron chi connectivity index (χ1n) is 9.19. The third kappa shape index (κ3) is 5.95. The smallest absolute Gasteiger partial charge is 0.232 e. The van der Waals surface area contributed by atoms with Crippen molar-refractivity contribution < 1.29 is 4.74 Å². The van der Waals surface area contributed by atoms with Crippen molar-refractivity contribution in [2.75, 3.05) is 6.61 Å². The summed E-state index contributed by atoms with van der Waals surface area (Å²) < 4.78 is 5.72. The Bertz CT molecular complexity index is 834. The maximum Gasteiger partial charge on any atom is 0.232 e. The third-order valence-electron chi connectivity index (χ3n) is 3.73. The number of halogens is 2. The van der Waals surface area contributed by atoms with Gasteiger partial charge in [0, 0.05) is 21.2 Å². The number of hydrogen-bond donors (Lipinski definition) is 0. The first kappa shape index (κ1) is 21.2. The van der Waals surface area contributed by atoms with Crippen molar-refractivity contribution in [3.63, 3.8) is 0 Å². The van der Waals surface area contributed by atoms with Gasteiger partial charge in [-0.15, -0.1) is 0 Å². The first-order chi connectivity index (χ1) is 13.2. The van der Waals surface area contributed by atoms with E-state index in [1.807, 2.05) is 62.4 Å². The molecule has 3 rings (SSSR count). The Labute approximate surface area is 171 Å². The molecular formula is C22H24Cl2N2O. The quantitative estimate of drug-likeness (QED) is 0.404. The predicted molar refractivity (Wildman–Crippen MR) is 115 cm³/mol. The first-order valence-corrected chi connectivity index (χ1v) is 9.94. The molecule has 0 atom stereocenters. The van der Waals surface area contributed by atoms with Gasteiger partial charge in [0.25, 0.3) is 0 Å². The van der Waals surface area contributed by atoms with E-state index < -0.39 is 0 Å². The van der Waals surface area contributed by atoms with Gasteiger partial charge in [-0.2, -0.15) is 0 Å². The highest BCUT2D eigenvalue weighted by molar-refractivity contribution is 6.31. The number of rotatable bonds is 6. The minimum Gasteiger partial charge on any atom is -0.477 e. The number of benzene rings is 2. The van der Waals surface area contributed by atoms with Crippen molar-refractivity contribution in [2.45, 2.75) is 33.6 Å². The molecule has 0 spiro atoms. The van der Waals surface area contributed by atoms with E-state index in [4.69, 9.17) is 27.9 Å². The van der Waals surface area contributed by atoms with Crippen molar-refractivity contribution in [3.05, 3.63) is 64.8 Å². The molecule has 1 heterocycles. The molecule has 1 aromatic heterocycles. The number of unbranched alkanes of at least 4 members (excludes halogenated alkanes) is 1. The lowest BCUT2D eigenvalue weighted by Gasteiger charge is -2.11. The lowest BCUT2D eigenvalue weighted by Crippen LogP contribution is -2.01. The Hall–Kier alpha value is -2.10. The topological polar surface area (TPSA) is 35.0 Å². The van der Waals surface area contributed by atoms with E-state index in [1.165, 1.54) is 0 Å². The minimum atomic E-state index is 0.524. The van der Waals surface area contributed by atoms with Crippen LogP contribution in [0.25, 0.3) is 22.5 Å². The Morgan fingerprint density at radius 2 is 1.33 bits per heavy atom. The van der Waals surface area contributed by atoms with E-state index in [-0.39, 0.29) is 0 Å². The van der Waals surface area contributed by atoms with Crippen LogP contribution in [0.4, 0.5) is 0 Å². The molecule has 0 radical (unpaired) electrons. The molecule has 0 bridgehead atoms. The average molecular weight is 403 g/mol. The SMILES string of the molecule is CC.CCCCOc1cnc(-c2ccc(Cl)cc2)c(-c2ccc(Cl)cc2)n1. The third-order valence-corrected chi connectivity index (χ3v) is 4.24. The molecule has 0 saturated heterocycles. The molecule has 142 valence electrons. The van der Waals surface area contributed by atoms with E-state index in [1.54, 1.807) is 6.20 Å². The molecule has 0 N–H and O–H groups in total. The van der Waals surface area contributed by atoms with Crippen LogP contribution in [-0.2, 0) is 0 Å². The summed E-state index contributed by atoms with van der Waals surface area (Å²) in [5.74, 6) is 0.524. The van der Waals surface area contributed by atoms with E-state index in [0.717, 1.165) is 35.4 Å². The maximum absolute atomic E-state index is 6.01. The van der Waals surface area contributed by atoms with E-state index in [0.29, 0.717) is 22.5 Å². The lowest BCUT2D eigenvalue weighted by molar-refractivity contribution is 0.297. The van der Waals surface area contributed by atoms with Crippen LogP contribution >= 0.6 is 23.2 Å². The van der Waals surface area contributed by atoms with Crippen LogP contribution in [0.15, 0.2) is 54.7 Å². The van der Waals surface area contributed by atoms with Crippen LogP contribution in [-0.4, -0.2) is 16.6 Å². The Morgan fingerprint density at radius 1 is 0.815 bits per heavy atom. The van der Waals surface area contributed by atoms with E-state index in [2.05, 4.69) is 16.9 Å². The Kier molecular flexibility index (Phi) is 8.56. The normalized spacial score (nSPS) is 10.1. The van der Waals surface area contributed by atoms with Crippen molar-refractivity contribution in [1.82, 2.24) is 9.97 Å². The standard InChI is InChI=1S/C20H18Cl2N2O.C2H6/c1-2-3-12-25-18-13-23-19(14-4-8-16(21)9-5-14)20(24-18)15-6-10-17(22)11-7-15;1-2/h4-11,13H,2-3,12H2,1H3;1-2H3. The fourth-order valence-corrected chi connectivity index (χ4v) is 2.64. The summed E-state index contributed by atoms with van der Waals surface area (Å²) in [5, 5.41) is 1.37. The molecule has 27 heavy (non-hydrogen) atoms. The fourth-order valence-electron chi connectivity index (χ4n) is 2.39. The summed E-state index contributed by atoms with van der Waals surface area (Å²) in [7, 11) is 0. The monoisotopic (exact) mass is 402 g/mol. The van der Waals surface area contributed by atoms with Gasteiger partial charge in [-0.1, -0.05) is 74.7 Å². The van der Waals surface area contributed by atoms with Crippen LogP contribution in [0.2, 0.25) is 10.0 Å². The highest BCUT2D eigenvalue weighted by atomic mass is 35.5. The zero-order valence-electron chi connectivity index (χ0n) is 15.9. The van der Waals surface area contributed by atoms with Gasteiger partial charge in [0.1, 0.15) is 5.69 Å². The zero-order valence-corrected chi connectivity index (χ0v) is 17.4. The zero-order chi connectivity index (χ0) is 19.6. The van der Waals surface area contributed by atoms with Gasteiger partial charge in [-0.3, -0.25) is 0 Å². The largest absolute Gasteiger partial charge is 0.477 e. The molecule has 0 aliphatic rings. The molecular weight excluding hydrogens is 379 g/mol. The highest BCUT2D eigenvalue weighted by Crippen LogP contribution is 2.31. The van der Waals surface area contributed by atoms with Gasteiger partial charge in [0.05, 0.1) is 18.5 Å². The van der Waals surface area contributed by atoms with Crippen LogP contribution < -0.4 is 4.74 Å². The van der Waals surface area contributed by atoms with Gasteiger partial charge in [0.15, 0.2) is 0 Å². The fraction of sp³-hybridized carbons (Fsp3) is 0.273. The second-order valence-corrected chi connectivity index (χ2v) is 6.49. The summed E-state index contributed by atoms with van der Waals surface area (Å²) in [6, 6.07) is 15.1. The molecule has 3 aromatic rings. The molecule has 0 amide bonds. The minimum absolute atomic E-state index is 0.524. The summed E-state index contributed by atoms with van der Waals surface area (Å²) in [6.45, 7) is 6.75. The van der Waals surface area contributed by atoms with Gasteiger partial charge in [-0.05, 0) is 30.7 Å². The second-order valence-electron chi connectivity index (χ2n) is 5.62. The van der Waals surface area contributed by atoms with Crippen LogP contribution in [0.3, 0.4) is 0 Å². The van der Waals surface area contributed by atoms with Crippen LogP contribution in [0.5, 0.6) is 5.88 Å². The summed E-state index contributed by atoms with van der Waals surface area (Å²) in [5.41, 5.74) is 3.42. The van der Waals surface area contributed by atoms with Crippen LogP contribution in [0.1, 0.15) is 33.6 Å². The molecule has 0 aliphatic carbocycles. The van der Waals surface area contributed by atoms with Crippen molar-refractivity contribution in [1.29, 1.82) is 0 Å². The van der Waals surface area contributed by atoms with Gasteiger partial charge in [0.2, 0.25) is 5.88 Å². The van der Waals surface area contributed by atoms with Gasteiger partial charge in [-0.25, -0.2) is 9.97 Å². The highest BCUT2D eigenvalue weighted by Gasteiger charge is 2.13. The number of nitrogens with zero attached hydrogens (tertiary/aromatic N) is 2. The summed E-state index contributed by atoms with van der Waals surface area (Å²) in [4.78, 5) is 9.27. The predicted octanol–water partition coefficient (Wildman–Crippen LogP) is 7.32. The molecule has 3 nitrogen and oxygen atoms in total. The summed E-state index contributed by atoms with van der Waals surface area (Å²) in [6.07, 6.45) is 3.72. The molecule has 5 heteroatoms. The molecule has 2 aromatic carbocycles. The molecule has 0 saturated carbocycles. The Morgan fingerprint density at radius 3 is 1.85 bits per heavy atom. The van der Waals surface area contributed by atoms with Gasteiger partial charge < -0.3 is 4.74 Å². The Balaban J connectivity index is 0.00000126. The molecule has 0 unspecified atom stereocenters. The molecule has 0 aliphatic heterocycles. The number of aromatic nitrogens is 2. The van der Waals surface area contributed by atoms with Crippen LogP contribution in [0, 0.1) is 0 Å². The summed E-state index contributed by atoms with van der Waals surface area (Å²) >= 11 is 12.0. The lowest BCUT2D eigenvalue weighted by atomic mass is 10.0. The van der Waals surface area contributed by atoms with Crippen molar-refractivity contribution in [3.8, 4) is 28.4 Å². The van der Waals surface area contributed by atoms with E-state index in [9.17, 15) is 0 Å². The number of ether oxygens (including phenoxy) is 1. The van der Waals surface area contributed by atoms with Crippen molar-refractivity contribution >= 4 is 23.2 Å². The average Bonchev–Trinajstić information content (AvgIpc) is 2.71. The maximum atomic E-state index is 6.01. The van der Waals surface area contributed by atoms with Crippen molar-refractivity contribution in [2.24, 2.45) is 0 Å². The molecule has 0 fully saturated rings. The number of hydrogen-bond acceptors (Lipinski definition) is 3. The van der Waals surface area contributed by atoms with E-state index >= 15 is 0 Å². The van der Waals surface area contributed by atoms with Gasteiger partial charge >= 0.3 is 0 Å². The second kappa shape index (κ2) is 10.9.